The van der Waals surface area contributed by atoms with Crippen molar-refractivity contribution in [1.29, 1.82) is 0 Å². The minimum absolute atomic E-state index is 0.0243. The molecule has 0 bridgehead atoms. The lowest BCUT2D eigenvalue weighted by Gasteiger charge is -2.32. The van der Waals surface area contributed by atoms with Crippen LogP contribution in [0.1, 0.15) is 44.1 Å². The van der Waals surface area contributed by atoms with Crippen molar-refractivity contribution in [2.75, 3.05) is 11.7 Å². The van der Waals surface area contributed by atoms with Gasteiger partial charge in [0.2, 0.25) is 6.79 Å². The van der Waals surface area contributed by atoms with E-state index < -0.39 is 0 Å². The van der Waals surface area contributed by atoms with E-state index in [0.717, 1.165) is 43.0 Å². The molecule has 28 heavy (non-hydrogen) atoms. The third-order valence-corrected chi connectivity index (χ3v) is 5.37. The number of ether oxygens (including phenoxy) is 2. The molecule has 1 fully saturated rings. The van der Waals surface area contributed by atoms with Crippen molar-refractivity contribution >= 4 is 11.7 Å². The predicted octanol–water partition coefficient (Wildman–Crippen LogP) is 4.67. The molecule has 1 aliphatic carbocycles. The molecule has 1 aromatic heterocycles. The number of benzene rings is 1. The molecule has 1 amide bonds. The van der Waals surface area contributed by atoms with Crippen LogP contribution in [-0.4, -0.2) is 23.7 Å². The van der Waals surface area contributed by atoms with Gasteiger partial charge in [-0.3, -0.25) is 9.69 Å². The first kappa shape index (κ1) is 18.5. The Kier molecular flexibility index (Phi) is 5.90. The Balaban J connectivity index is 1.39. The lowest BCUT2D eigenvalue weighted by atomic mass is 9.94. The summed E-state index contributed by atoms with van der Waals surface area (Å²) in [5, 5.41) is 0. The largest absolute Gasteiger partial charge is 0.454 e. The van der Waals surface area contributed by atoms with E-state index in [9.17, 15) is 4.79 Å². The van der Waals surface area contributed by atoms with E-state index in [1.165, 1.54) is 24.8 Å². The number of fused-ring (bicyclic) bond motifs is 1. The second-order valence-electron chi connectivity index (χ2n) is 7.32. The molecule has 1 saturated carbocycles. The highest BCUT2D eigenvalue weighted by Gasteiger charge is 2.26. The lowest BCUT2D eigenvalue weighted by molar-refractivity contribution is -0.114. The van der Waals surface area contributed by atoms with Gasteiger partial charge in [-0.15, -0.1) is 0 Å². The van der Waals surface area contributed by atoms with Gasteiger partial charge >= 0.3 is 0 Å². The molecule has 0 spiro atoms. The number of amides is 1. The fourth-order valence-electron chi connectivity index (χ4n) is 3.93. The molecule has 5 nitrogen and oxygen atoms in total. The van der Waals surface area contributed by atoms with Gasteiger partial charge in [-0.05, 0) is 61.6 Å². The Hall–Kier alpha value is -2.82. The van der Waals surface area contributed by atoms with E-state index in [1.54, 1.807) is 12.3 Å². The van der Waals surface area contributed by atoms with Gasteiger partial charge < -0.3 is 9.47 Å². The van der Waals surface area contributed by atoms with E-state index in [4.69, 9.17) is 9.47 Å². The number of hydrogen-bond donors (Lipinski definition) is 0. The average molecular weight is 378 g/mol. The van der Waals surface area contributed by atoms with E-state index in [-0.39, 0.29) is 18.7 Å². The maximum Gasteiger partial charge on any atom is 0.252 e. The lowest BCUT2D eigenvalue weighted by Crippen LogP contribution is -2.41. The standard InChI is InChI=1S/C23H26N2O3/c26-23(12-5-4-8-18-13-14-20-21(16-18)28-17-27-20)25(19-9-2-1-3-10-19)22-11-6-7-15-24-22/h5-7,11-16,19H,1-4,8-10,17H2/b12-5-. The normalized spacial score (nSPS) is 16.4. The Morgan fingerprint density at radius 3 is 2.79 bits per heavy atom. The van der Waals surface area contributed by atoms with Gasteiger partial charge in [-0.2, -0.15) is 0 Å². The van der Waals surface area contributed by atoms with Crippen LogP contribution in [0, 0.1) is 0 Å². The van der Waals surface area contributed by atoms with Crippen LogP contribution in [0.3, 0.4) is 0 Å². The van der Waals surface area contributed by atoms with E-state index in [2.05, 4.69) is 4.98 Å². The summed E-state index contributed by atoms with van der Waals surface area (Å²) in [5.74, 6) is 2.38. The molecule has 2 aliphatic rings. The molecule has 0 unspecified atom stereocenters. The summed E-state index contributed by atoms with van der Waals surface area (Å²) < 4.78 is 10.8. The third-order valence-electron chi connectivity index (χ3n) is 5.37. The van der Waals surface area contributed by atoms with Crippen molar-refractivity contribution in [3.05, 3.63) is 60.3 Å². The number of pyridine rings is 1. The Morgan fingerprint density at radius 2 is 1.96 bits per heavy atom. The van der Waals surface area contributed by atoms with E-state index in [0.29, 0.717) is 0 Å². The first-order chi connectivity index (χ1) is 13.8. The highest BCUT2D eigenvalue weighted by molar-refractivity contribution is 6.01. The zero-order chi connectivity index (χ0) is 19.2. The molecule has 0 atom stereocenters. The summed E-state index contributed by atoms with van der Waals surface area (Å²) in [7, 11) is 0. The summed E-state index contributed by atoms with van der Waals surface area (Å²) in [6.07, 6.45) is 12.8. The SMILES string of the molecule is O=C(/C=C\CCc1ccc2c(c1)OCO2)N(c1ccccn1)C1CCCCC1. The van der Waals surface area contributed by atoms with Gasteiger partial charge in [0.15, 0.2) is 11.5 Å². The van der Waals surface area contributed by atoms with Gasteiger partial charge in [-0.25, -0.2) is 4.98 Å². The summed E-state index contributed by atoms with van der Waals surface area (Å²) in [5.41, 5.74) is 1.18. The molecule has 2 heterocycles. The summed E-state index contributed by atoms with van der Waals surface area (Å²) in [6, 6.07) is 12.0. The molecular weight excluding hydrogens is 352 g/mol. The van der Waals surface area contributed by atoms with Crippen LogP contribution < -0.4 is 14.4 Å². The van der Waals surface area contributed by atoms with Gasteiger partial charge in [0, 0.05) is 12.2 Å². The number of carbonyl (C=O) groups excluding carboxylic acids is 1. The Bertz CT molecular complexity index is 829. The highest BCUT2D eigenvalue weighted by atomic mass is 16.7. The monoisotopic (exact) mass is 378 g/mol. The van der Waals surface area contributed by atoms with Gasteiger partial charge in [0.1, 0.15) is 5.82 Å². The molecular formula is C23H26N2O3. The fraction of sp³-hybridized carbons (Fsp3) is 0.391. The molecule has 1 aliphatic heterocycles. The first-order valence-corrected chi connectivity index (χ1v) is 10.1. The van der Waals surface area contributed by atoms with Crippen molar-refractivity contribution in [3.8, 4) is 11.5 Å². The van der Waals surface area contributed by atoms with Gasteiger partial charge in [0.25, 0.3) is 5.91 Å². The van der Waals surface area contributed by atoms with Crippen LogP contribution in [0.25, 0.3) is 0 Å². The van der Waals surface area contributed by atoms with Crippen LogP contribution >= 0.6 is 0 Å². The van der Waals surface area contributed by atoms with Gasteiger partial charge in [0.05, 0.1) is 0 Å². The Labute approximate surface area is 166 Å². The van der Waals surface area contributed by atoms with Crippen molar-refractivity contribution in [2.24, 2.45) is 0 Å². The molecule has 0 saturated heterocycles. The summed E-state index contributed by atoms with van der Waals surface area (Å²) in [6.45, 7) is 0.289. The topological polar surface area (TPSA) is 51.7 Å². The van der Waals surface area contributed by atoms with Crippen molar-refractivity contribution in [3.63, 3.8) is 0 Å². The van der Waals surface area contributed by atoms with Crippen molar-refractivity contribution in [1.82, 2.24) is 4.98 Å². The molecule has 4 rings (SSSR count). The third kappa shape index (κ3) is 4.35. The summed E-state index contributed by atoms with van der Waals surface area (Å²) in [4.78, 5) is 19.3. The van der Waals surface area contributed by atoms with Crippen LogP contribution in [-0.2, 0) is 11.2 Å². The molecule has 146 valence electrons. The number of aryl methyl sites for hydroxylation is 1. The molecule has 1 aromatic carbocycles. The van der Waals surface area contributed by atoms with Gasteiger partial charge in [-0.1, -0.05) is 37.5 Å². The molecule has 2 aromatic rings. The minimum atomic E-state index is 0.0243. The summed E-state index contributed by atoms with van der Waals surface area (Å²) >= 11 is 0. The maximum absolute atomic E-state index is 13.0. The van der Waals surface area contributed by atoms with E-state index >= 15 is 0 Å². The zero-order valence-corrected chi connectivity index (χ0v) is 16.0. The van der Waals surface area contributed by atoms with Crippen molar-refractivity contribution < 1.29 is 14.3 Å². The van der Waals surface area contributed by atoms with Crippen LogP contribution in [0.15, 0.2) is 54.7 Å². The minimum Gasteiger partial charge on any atom is -0.454 e. The van der Waals surface area contributed by atoms with E-state index in [1.807, 2.05) is 47.4 Å². The zero-order valence-electron chi connectivity index (χ0n) is 16.0. The number of allylic oxidation sites excluding steroid dienone is 1. The number of hydrogen-bond acceptors (Lipinski definition) is 4. The Morgan fingerprint density at radius 1 is 1.11 bits per heavy atom. The number of nitrogens with zero attached hydrogens (tertiary/aromatic N) is 2. The molecule has 0 N–H and O–H groups in total. The second-order valence-corrected chi connectivity index (χ2v) is 7.32. The number of carbonyl (C=O) groups is 1. The van der Waals surface area contributed by atoms with Crippen LogP contribution in [0.2, 0.25) is 0 Å². The maximum atomic E-state index is 13.0. The highest BCUT2D eigenvalue weighted by Crippen LogP contribution is 2.32. The molecule has 5 heteroatoms. The van der Waals surface area contributed by atoms with Crippen LogP contribution in [0.4, 0.5) is 5.82 Å². The number of rotatable bonds is 6. The second kappa shape index (κ2) is 8.91. The predicted molar refractivity (Wildman–Crippen MR) is 109 cm³/mol. The van der Waals surface area contributed by atoms with Crippen LogP contribution in [0.5, 0.6) is 11.5 Å². The molecule has 0 radical (unpaired) electrons. The average Bonchev–Trinajstić information content (AvgIpc) is 3.21. The van der Waals surface area contributed by atoms with Crippen molar-refractivity contribution in [2.45, 2.75) is 51.0 Å². The fourth-order valence-corrected chi connectivity index (χ4v) is 3.93. The quantitative estimate of drug-likeness (QED) is 0.686. The number of aromatic nitrogens is 1. The number of anilines is 1. The first-order valence-electron chi connectivity index (χ1n) is 10.1. The smallest absolute Gasteiger partial charge is 0.252 e.